The number of nitrogens with zero attached hydrogens (tertiary/aromatic N) is 1. The molecule has 3 nitrogen and oxygen atoms in total. The van der Waals surface area contributed by atoms with Gasteiger partial charge < -0.3 is 10.5 Å². The highest BCUT2D eigenvalue weighted by atomic mass is 16.5. The molecular weight excluding hydrogens is 212 g/mol. The van der Waals surface area contributed by atoms with Crippen molar-refractivity contribution in [2.45, 2.75) is 31.8 Å². The summed E-state index contributed by atoms with van der Waals surface area (Å²) in [6.07, 6.45) is 2.67. The molecule has 0 amide bonds. The molecule has 1 aliphatic carbocycles. The first-order valence-electron chi connectivity index (χ1n) is 6.38. The molecule has 1 fully saturated rings. The van der Waals surface area contributed by atoms with Crippen LogP contribution in [0.1, 0.15) is 31.4 Å². The van der Waals surface area contributed by atoms with Gasteiger partial charge in [-0.15, -0.1) is 0 Å². The standard InChI is InChI=1S/C14H22N2O/c1-3-16(12-6-7-12)10-14(15)11-4-8-13(17-2)9-5-11/h4-5,8-9,12,14H,3,6-7,10,15H2,1-2H3. The van der Waals surface area contributed by atoms with Crippen LogP contribution in [0.4, 0.5) is 0 Å². The van der Waals surface area contributed by atoms with Crippen LogP contribution in [0.25, 0.3) is 0 Å². The Morgan fingerprint density at radius 2 is 2.00 bits per heavy atom. The lowest BCUT2D eigenvalue weighted by atomic mass is 10.1. The molecule has 0 spiro atoms. The normalized spacial score (nSPS) is 17.2. The monoisotopic (exact) mass is 234 g/mol. The topological polar surface area (TPSA) is 38.5 Å². The van der Waals surface area contributed by atoms with Gasteiger partial charge in [-0.2, -0.15) is 0 Å². The van der Waals surface area contributed by atoms with Crippen LogP contribution in [-0.4, -0.2) is 31.1 Å². The summed E-state index contributed by atoms with van der Waals surface area (Å²) in [4.78, 5) is 2.48. The summed E-state index contributed by atoms with van der Waals surface area (Å²) in [5, 5.41) is 0. The molecule has 94 valence electrons. The fraction of sp³-hybridized carbons (Fsp3) is 0.571. The molecule has 2 N–H and O–H groups in total. The third kappa shape index (κ3) is 3.20. The average Bonchev–Trinajstić information content (AvgIpc) is 3.20. The number of likely N-dealkylation sites (N-methyl/N-ethyl adjacent to an activating group) is 1. The van der Waals surface area contributed by atoms with Gasteiger partial charge in [-0.1, -0.05) is 19.1 Å². The fourth-order valence-corrected chi connectivity index (χ4v) is 2.19. The van der Waals surface area contributed by atoms with Gasteiger partial charge in [-0.3, -0.25) is 4.90 Å². The second-order valence-corrected chi connectivity index (χ2v) is 4.70. The molecule has 0 radical (unpaired) electrons. The third-order valence-corrected chi connectivity index (χ3v) is 3.44. The molecule has 0 saturated heterocycles. The molecule has 3 heteroatoms. The Kier molecular flexibility index (Phi) is 4.02. The van der Waals surface area contributed by atoms with Crippen LogP contribution < -0.4 is 10.5 Å². The summed E-state index contributed by atoms with van der Waals surface area (Å²) >= 11 is 0. The highest BCUT2D eigenvalue weighted by Crippen LogP contribution is 2.28. The zero-order chi connectivity index (χ0) is 12.3. The first-order chi connectivity index (χ1) is 8.24. The quantitative estimate of drug-likeness (QED) is 0.820. The van der Waals surface area contributed by atoms with Crippen molar-refractivity contribution in [3.63, 3.8) is 0 Å². The average molecular weight is 234 g/mol. The van der Waals surface area contributed by atoms with Gasteiger partial charge in [-0.25, -0.2) is 0 Å². The Labute approximate surface area is 104 Å². The number of nitrogens with two attached hydrogens (primary N) is 1. The fourth-order valence-electron chi connectivity index (χ4n) is 2.19. The Hall–Kier alpha value is -1.06. The van der Waals surface area contributed by atoms with E-state index in [-0.39, 0.29) is 6.04 Å². The summed E-state index contributed by atoms with van der Waals surface area (Å²) in [7, 11) is 1.68. The van der Waals surface area contributed by atoms with E-state index < -0.39 is 0 Å². The molecule has 1 aromatic carbocycles. The summed E-state index contributed by atoms with van der Waals surface area (Å²) in [5.74, 6) is 0.885. The molecule has 1 aromatic rings. The Balaban J connectivity index is 1.95. The van der Waals surface area contributed by atoms with Crippen molar-refractivity contribution in [2.75, 3.05) is 20.2 Å². The predicted octanol–water partition coefficient (Wildman–Crippen LogP) is 2.18. The molecule has 17 heavy (non-hydrogen) atoms. The van der Waals surface area contributed by atoms with Crippen LogP contribution in [0.2, 0.25) is 0 Å². The van der Waals surface area contributed by atoms with Gasteiger partial charge in [0.15, 0.2) is 0 Å². The maximum Gasteiger partial charge on any atom is 0.118 e. The second kappa shape index (κ2) is 5.52. The van der Waals surface area contributed by atoms with Gasteiger partial charge >= 0.3 is 0 Å². The number of rotatable bonds is 6. The van der Waals surface area contributed by atoms with E-state index in [9.17, 15) is 0 Å². The van der Waals surface area contributed by atoms with Crippen molar-refractivity contribution in [1.29, 1.82) is 0 Å². The Bertz CT molecular complexity index is 346. The van der Waals surface area contributed by atoms with E-state index >= 15 is 0 Å². The Morgan fingerprint density at radius 3 is 2.47 bits per heavy atom. The minimum atomic E-state index is 0.0986. The first-order valence-corrected chi connectivity index (χ1v) is 6.38. The van der Waals surface area contributed by atoms with E-state index in [0.717, 1.165) is 24.9 Å². The molecule has 1 unspecified atom stereocenters. The van der Waals surface area contributed by atoms with Crippen LogP contribution >= 0.6 is 0 Å². The molecule has 0 bridgehead atoms. The van der Waals surface area contributed by atoms with Gasteiger partial charge in [0.1, 0.15) is 5.75 Å². The van der Waals surface area contributed by atoms with Crippen LogP contribution in [0.15, 0.2) is 24.3 Å². The van der Waals surface area contributed by atoms with Crippen molar-refractivity contribution >= 4 is 0 Å². The SMILES string of the molecule is CCN(CC(N)c1ccc(OC)cc1)C1CC1. The maximum absolute atomic E-state index is 6.25. The highest BCUT2D eigenvalue weighted by Gasteiger charge is 2.28. The van der Waals surface area contributed by atoms with Gasteiger partial charge in [0, 0.05) is 18.6 Å². The number of benzene rings is 1. The lowest BCUT2D eigenvalue weighted by molar-refractivity contribution is 0.260. The van der Waals surface area contributed by atoms with E-state index in [1.807, 2.05) is 12.1 Å². The smallest absolute Gasteiger partial charge is 0.118 e. The van der Waals surface area contributed by atoms with E-state index in [1.54, 1.807) is 7.11 Å². The highest BCUT2D eigenvalue weighted by molar-refractivity contribution is 5.29. The lowest BCUT2D eigenvalue weighted by Crippen LogP contribution is -2.33. The summed E-state index contributed by atoms with van der Waals surface area (Å²) in [6.45, 7) is 4.25. The minimum absolute atomic E-state index is 0.0986. The van der Waals surface area contributed by atoms with Gasteiger partial charge in [0.2, 0.25) is 0 Å². The van der Waals surface area contributed by atoms with E-state index in [0.29, 0.717) is 0 Å². The van der Waals surface area contributed by atoms with E-state index in [4.69, 9.17) is 10.5 Å². The number of hydrogen-bond acceptors (Lipinski definition) is 3. The van der Waals surface area contributed by atoms with Gasteiger partial charge in [0.25, 0.3) is 0 Å². The summed E-state index contributed by atoms with van der Waals surface area (Å²) < 4.78 is 5.15. The van der Waals surface area contributed by atoms with Crippen LogP contribution in [-0.2, 0) is 0 Å². The molecule has 1 saturated carbocycles. The minimum Gasteiger partial charge on any atom is -0.497 e. The second-order valence-electron chi connectivity index (χ2n) is 4.70. The number of ether oxygens (including phenoxy) is 1. The third-order valence-electron chi connectivity index (χ3n) is 3.44. The number of hydrogen-bond donors (Lipinski definition) is 1. The molecule has 1 atom stereocenters. The number of methoxy groups -OCH3 is 1. The lowest BCUT2D eigenvalue weighted by Gasteiger charge is -2.24. The summed E-state index contributed by atoms with van der Waals surface area (Å²) in [5.41, 5.74) is 7.43. The molecule has 2 rings (SSSR count). The van der Waals surface area contributed by atoms with Crippen molar-refractivity contribution in [1.82, 2.24) is 4.90 Å². The molecular formula is C14H22N2O. The van der Waals surface area contributed by atoms with Crippen molar-refractivity contribution in [2.24, 2.45) is 5.73 Å². The van der Waals surface area contributed by atoms with E-state index in [2.05, 4.69) is 24.0 Å². The largest absolute Gasteiger partial charge is 0.497 e. The zero-order valence-corrected chi connectivity index (χ0v) is 10.7. The van der Waals surface area contributed by atoms with Crippen molar-refractivity contribution in [3.8, 4) is 5.75 Å². The molecule has 0 aliphatic heterocycles. The summed E-state index contributed by atoms with van der Waals surface area (Å²) in [6, 6.07) is 8.95. The Morgan fingerprint density at radius 1 is 1.35 bits per heavy atom. The molecule has 0 heterocycles. The van der Waals surface area contributed by atoms with Crippen LogP contribution in [0.5, 0.6) is 5.75 Å². The first kappa shape index (κ1) is 12.4. The zero-order valence-electron chi connectivity index (χ0n) is 10.7. The molecule has 0 aromatic heterocycles. The van der Waals surface area contributed by atoms with Crippen LogP contribution in [0, 0.1) is 0 Å². The van der Waals surface area contributed by atoms with Gasteiger partial charge in [0.05, 0.1) is 7.11 Å². The van der Waals surface area contributed by atoms with Gasteiger partial charge in [-0.05, 0) is 37.1 Å². The molecule has 1 aliphatic rings. The van der Waals surface area contributed by atoms with E-state index in [1.165, 1.54) is 18.4 Å². The maximum atomic E-state index is 6.25. The predicted molar refractivity (Wildman–Crippen MR) is 70.2 cm³/mol. The van der Waals surface area contributed by atoms with Crippen molar-refractivity contribution < 1.29 is 4.74 Å². The van der Waals surface area contributed by atoms with Crippen LogP contribution in [0.3, 0.4) is 0 Å². The van der Waals surface area contributed by atoms with Crippen molar-refractivity contribution in [3.05, 3.63) is 29.8 Å².